The summed E-state index contributed by atoms with van der Waals surface area (Å²) in [5, 5.41) is 36.7. The predicted octanol–water partition coefficient (Wildman–Crippen LogP) is 4.52. The maximum absolute atomic E-state index is 13.6. The largest absolute Gasteiger partial charge is 0.494 e. The molecule has 0 aliphatic rings. The number of pyridine rings is 2. The molecular formula is C30H32N6O12S3. The fourth-order valence-corrected chi connectivity index (χ4v) is 7.79. The van der Waals surface area contributed by atoms with E-state index >= 15 is 0 Å². The van der Waals surface area contributed by atoms with Crippen LogP contribution in [-0.2, 0) is 54.7 Å². The Kier molecular flexibility index (Phi) is 11.1. The van der Waals surface area contributed by atoms with Crippen molar-refractivity contribution in [3.63, 3.8) is 0 Å². The van der Waals surface area contributed by atoms with E-state index in [0.29, 0.717) is 0 Å². The van der Waals surface area contributed by atoms with Gasteiger partial charge in [0, 0.05) is 24.2 Å². The SMILES string of the molecule is CCn1c(O)c(CS(=O)(=O)O)c(C)c(/N=N/c2cccc(S(=O)(=O)c3cccc(/N=N/c4c(C)c(CS(=O)(=O)O)c(O)n(CC)c4=O)c3)c2)c1=O. The Bertz CT molecular complexity index is 2390. The molecule has 2 aromatic carbocycles. The fourth-order valence-electron chi connectivity index (χ4n) is 5.03. The second-order valence-corrected chi connectivity index (χ2v) is 15.9. The molecule has 0 aliphatic carbocycles. The zero-order valence-corrected chi connectivity index (χ0v) is 29.9. The molecule has 51 heavy (non-hydrogen) atoms. The summed E-state index contributed by atoms with van der Waals surface area (Å²) in [6.45, 7) is 5.50. The number of azo groups is 2. The van der Waals surface area contributed by atoms with Crippen molar-refractivity contribution in [3.8, 4) is 11.8 Å². The van der Waals surface area contributed by atoms with Crippen molar-refractivity contribution in [1.29, 1.82) is 0 Å². The standard InChI is InChI=1S/C30H32N6O12S3/c1-5-35-27(37)23(15-49(41,42)43)17(3)25(29(35)39)33-31-19-9-7-11-21(13-19)51(47,48)22-12-8-10-20(14-22)32-34-26-18(4)24(16-50(44,45)46)28(38)36(6-2)30(26)40/h7-14,37-38H,5-6,15-16H2,1-4H3,(H,41,42,43)(H,44,45,46)/b33-31+,34-32+. The molecule has 0 fully saturated rings. The first-order chi connectivity index (χ1) is 23.7. The number of hydrogen-bond donors (Lipinski definition) is 4. The molecule has 4 aromatic rings. The average Bonchev–Trinajstić information content (AvgIpc) is 3.05. The molecule has 4 N–H and O–H groups in total. The monoisotopic (exact) mass is 764 g/mol. The van der Waals surface area contributed by atoms with Crippen LogP contribution in [0.1, 0.15) is 36.1 Å². The maximum atomic E-state index is 13.6. The van der Waals surface area contributed by atoms with Crippen molar-refractivity contribution in [2.75, 3.05) is 0 Å². The second kappa shape index (κ2) is 14.6. The van der Waals surface area contributed by atoms with Crippen LogP contribution in [0, 0.1) is 13.8 Å². The number of hydrogen-bond acceptors (Lipinski definition) is 14. The van der Waals surface area contributed by atoms with Crippen LogP contribution in [0.5, 0.6) is 11.8 Å². The molecule has 0 aliphatic heterocycles. The van der Waals surface area contributed by atoms with Gasteiger partial charge in [0.15, 0.2) is 23.1 Å². The third-order valence-corrected chi connectivity index (χ3v) is 10.7. The molecular weight excluding hydrogens is 733 g/mol. The molecule has 0 radical (unpaired) electrons. The van der Waals surface area contributed by atoms with Gasteiger partial charge < -0.3 is 10.2 Å². The van der Waals surface area contributed by atoms with Gasteiger partial charge in [-0.15, -0.1) is 10.2 Å². The number of nitrogens with zero attached hydrogens (tertiary/aromatic N) is 6. The van der Waals surface area contributed by atoms with Gasteiger partial charge in [-0.1, -0.05) is 12.1 Å². The van der Waals surface area contributed by atoms with Gasteiger partial charge in [0.1, 0.15) is 11.5 Å². The highest BCUT2D eigenvalue weighted by molar-refractivity contribution is 7.91. The summed E-state index contributed by atoms with van der Waals surface area (Å²) >= 11 is 0. The molecule has 2 heterocycles. The minimum absolute atomic E-state index is 0.0196. The molecule has 0 amide bonds. The van der Waals surface area contributed by atoms with E-state index in [2.05, 4.69) is 20.5 Å². The highest BCUT2D eigenvalue weighted by Crippen LogP contribution is 2.32. The van der Waals surface area contributed by atoms with Gasteiger partial charge >= 0.3 is 0 Å². The van der Waals surface area contributed by atoms with Gasteiger partial charge in [-0.25, -0.2) is 8.42 Å². The fraction of sp³-hybridized carbons (Fsp3) is 0.267. The molecule has 0 saturated heterocycles. The summed E-state index contributed by atoms with van der Waals surface area (Å²) in [5.74, 6) is -3.32. The topological polar surface area (TPSA) is 277 Å². The number of rotatable bonds is 12. The van der Waals surface area contributed by atoms with E-state index in [0.717, 1.165) is 21.3 Å². The minimum Gasteiger partial charge on any atom is -0.494 e. The number of benzene rings is 2. The predicted molar refractivity (Wildman–Crippen MR) is 183 cm³/mol. The van der Waals surface area contributed by atoms with Crippen LogP contribution in [0.2, 0.25) is 0 Å². The van der Waals surface area contributed by atoms with E-state index in [9.17, 15) is 54.2 Å². The van der Waals surface area contributed by atoms with Gasteiger partial charge in [-0.3, -0.25) is 27.8 Å². The van der Waals surface area contributed by atoms with Crippen LogP contribution in [-0.4, -0.2) is 53.7 Å². The van der Waals surface area contributed by atoms with Crippen LogP contribution in [0.4, 0.5) is 22.7 Å². The number of aromatic nitrogens is 2. The van der Waals surface area contributed by atoms with Crippen molar-refractivity contribution in [1.82, 2.24) is 9.13 Å². The van der Waals surface area contributed by atoms with Crippen molar-refractivity contribution < 1.29 is 44.6 Å². The minimum atomic E-state index is -4.61. The molecule has 0 atom stereocenters. The molecule has 0 unspecified atom stereocenters. The summed E-state index contributed by atoms with van der Waals surface area (Å²) in [6, 6.07) is 10.4. The first-order valence-corrected chi connectivity index (χ1v) is 19.5. The van der Waals surface area contributed by atoms with Gasteiger partial charge in [0.25, 0.3) is 31.4 Å². The Morgan fingerprint density at radius 2 is 0.961 bits per heavy atom. The molecule has 18 nitrogen and oxygen atoms in total. The summed E-state index contributed by atoms with van der Waals surface area (Å²) in [7, 11) is -13.5. The van der Waals surface area contributed by atoms with E-state index in [1.165, 1.54) is 64.1 Å². The van der Waals surface area contributed by atoms with Gasteiger partial charge in [0.05, 0.1) is 21.2 Å². The van der Waals surface area contributed by atoms with E-state index in [1.807, 2.05) is 0 Å². The number of aromatic hydroxyl groups is 2. The zero-order chi connectivity index (χ0) is 38.1. The molecule has 0 saturated carbocycles. The average molecular weight is 765 g/mol. The molecule has 0 spiro atoms. The lowest BCUT2D eigenvalue weighted by Crippen LogP contribution is -2.22. The molecule has 4 rings (SSSR count). The van der Waals surface area contributed by atoms with Gasteiger partial charge in [-0.05, 0) is 75.2 Å². The first kappa shape index (κ1) is 38.7. The maximum Gasteiger partial charge on any atom is 0.281 e. The Hall–Kier alpha value is -5.09. The molecule has 2 aromatic heterocycles. The smallest absolute Gasteiger partial charge is 0.281 e. The Morgan fingerprint density at radius 1 is 0.608 bits per heavy atom. The van der Waals surface area contributed by atoms with Crippen molar-refractivity contribution >= 4 is 52.8 Å². The lowest BCUT2D eigenvalue weighted by Gasteiger charge is -2.14. The van der Waals surface area contributed by atoms with E-state index < -0.39 is 64.5 Å². The van der Waals surface area contributed by atoms with Crippen LogP contribution in [0.3, 0.4) is 0 Å². The Morgan fingerprint density at radius 3 is 1.27 bits per heavy atom. The van der Waals surface area contributed by atoms with Crippen LogP contribution >= 0.6 is 0 Å². The normalized spacial score (nSPS) is 12.7. The first-order valence-electron chi connectivity index (χ1n) is 14.8. The molecule has 0 bridgehead atoms. The Balaban J connectivity index is 1.72. The van der Waals surface area contributed by atoms with Crippen molar-refractivity contribution in [3.05, 3.63) is 91.5 Å². The molecule has 21 heteroatoms. The van der Waals surface area contributed by atoms with Crippen molar-refractivity contribution in [2.45, 2.75) is 62.1 Å². The molecule has 272 valence electrons. The second-order valence-electron chi connectivity index (χ2n) is 11.0. The van der Waals surface area contributed by atoms with E-state index in [4.69, 9.17) is 0 Å². The highest BCUT2D eigenvalue weighted by atomic mass is 32.2. The van der Waals surface area contributed by atoms with E-state index in [1.54, 1.807) is 0 Å². The number of sulfone groups is 1. The summed E-state index contributed by atoms with van der Waals surface area (Å²) in [5.41, 5.74) is -3.02. The van der Waals surface area contributed by atoms with Crippen molar-refractivity contribution in [2.24, 2.45) is 20.5 Å². The van der Waals surface area contributed by atoms with E-state index in [-0.39, 0.29) is 67.9 Å². The third-order valence-electron chi connectivity index (χ3n) is 7.64. The summed E-state index contributed by atoms with van der Waals surface area (Å²) in [6.07, 6.45) is 0. The third kappa shape index (κ3) is 8.45. The quantitative estimate of drug-likeness (QED) is 0.114. The lowest BCUT2D eigenvalue weighted by atomic mass is 10.1. The lowest BCUT2D eigenvalue weighted by molar-refractivity contribution is 0.403. The summed E-state index contributed by atoms with van der Waals surface area (Å²) < 4.78 is 93.9. The van der Waals surface area contributed by atoms with Crippen LogP contribution in [0.15, 0.2) is 88.4 Å². The highest BCUT2D eigenvalue weighted by Gasteiger charge is 2.24. The zero-order valence-electron chi connectivity index (χ0n) is 27.4. The summed E-state index contributed by atoms with van der Waals surface area (Å²) in [4.78, 5) is 25.5. The Labute approximate surface area is 291 Å². The van der Waals surface area contributed by atoms with Crippen LogP contribution < -0.4 is 11.1 Å². The van der Waals surface area contributed by atoms with Gasteiger partial charge in [-0.2, -0.15) is 27.1 Å². The van der Waals surface area contributed by atoms with Gasteiger partial charge in [0.2, 0.25) is 9.84 Å². The van der Waals surface area contributed by atoms with Crippen LogP contribution in [0.25, 0.3) is 0 Å².